The Kier molecular flexibility index (Phi) is 5.20. The lowest BCUT2D eigenvalue weighted by Gasteiger charge is -2.15. The summed E-state index contributed by atoms with van der Waals surface area (Å²) in [4.78, 5) is 0.978. The molecule has 1 saturated carbocycles. The van der Waals surface area contributed by atoms with Crippen molar-refractivity contribution in [2.24, 2.45) is 0 Å². The summed E-state index contributed by atoms with van der Waals surface area (Å²) in [6.45, 7) is 2.03. The van der Waals surface area contributed by atoms with Crippen molar-refractivity contribution >= 4 is 23.2 Å². The minimum Gasteiger partial charge on any atom is -0.360 e. The number of nitriles is 1. The highest BCUT2D eigenvalue weighted by Crippen LogP contribution is 2.48. The average Bonchev–Trinajstić information content (AvgIpc) is 3.42. The number of nitrogens with one attached hydrogen (secondary N) is 2. The highest BCUT2D eigenvalue weighted by molar-refractivity contribution is 7.99. The van der Waals surface area contributed by atoms with Crippen LogP contribution in [-0.4, -0.2) is 17.6 Å². The van der Waals surface area contributed by atoms with E-state index in [2.05, 4.69) is 11.4 Å². The lowest BCUT2D eigenvalue weighted by atomic mass is 9.97. The van der Waals surface area contributed by atoms with Crippen LogP contribution in [0.1, 0.15) is 25.3 Å². The lowest BCUT2D eigenvalue weighted by Crippen LogP contribution is -2.15. The molecule has 2 N–H and O–H groups in total. The molecule has 0 bridgehead atoms. The van der Waals surface area contributed by atoms with Crippen molar-refractivity contribution in [3.8, 4) is 6.07 Å². The molecule has 0 aromatic heterocycles. The van der Waals surface area contributed by atoms with Gasteiger partial charge in [-0.1, -0.05) is 19.1 Å². The number of hydrogen-bond donors (Lipinski definition) is 2. The standard InChI is InChI=1S/C20H18F3N3S/c1-2-27-18-10-14(19(12-24)7-8-19)5-6-17(18)26-11-13-3-4-15(9-16(13)25)20(21,22)23/h3-6,9-11,25-26H,2,7-8H2,1H3/b13-11-,25-16?. The van der Waals surface area contributed by atoms with Crippen LogP contribution in [0, 0.1) is 16.7 Å². The van der Waals surface area contributed by atoms with E-state index in [0.717, 1.165) is 46.9 Å². The van der Waals surface area contributed by atoms with Crippen LogP contribution < -0.4 is 5.32 Å². The van der Waals surface area contributed by atoms with E-state index >= 15 is 0 Å². The molecule has 0 radical (unpaired) electrons. The van der Waals surface area contributed by atoms with Crippen LogP contribution in [0.15, 0.2) is 58.7 Å². The predicted molar refractivity (Wildman–Crippen MR) is 102 cm³/mol. The number of thioether (sulfide) groups is 1. The summed E-state index contributed by atoms with van der Waals surface area (Å²) in [6, 6.07) is 8.20. The Morgan fingerprint density at radius 1 is 1.33 bits per heavy atom. The smallest absolute Gasteiger partial charge is 0.360 e. The van der Waals surface area contributed by atoms with E-state index in [1.807, 2.05) is 25.1 Å². The molecule has 2 aliphatic carbocycles. The zero-order valence-corrected chi connectivity index (χ0v) is 15.5. The van der Waals surface area contributed by atoms with Crippen LogP contribution in [0.25, 0.3) is 0 Å². The highest BCUT2D eigenvalue weighted by atomic mass is 32.2. The molecule has 0 saturated heterocycles. The Hall–Kier alpha value is -2.46. The maximum Gasteiger partial charge on any atom is 0.416 e. The van der Waals surface area contributed by atoms with Crippen LogP contribution in [0.2, 0.25) is 0 Å². The van der Waals surface area contributed by atoms with Gasteiger partial charge in [-0.05, 0) is 48.4 Å². The summed E-state index contributed by atoms with van der Waals surface area (Å²) in [5, 5.41) is 20.3. The molecule has 0 unspecified atom stereocenters. The van der Waals surface area contributed by atoms with Gasteiger partial charge in [0.2, 0.25) is 0 Å². The van der Waals surface area contributed by atoms with Gasteiger partial charge in [0.1, 0.15) is 0 Å². The maximum atomic E-state index is 12.7. The molecular weight excluding hydrogens is 371 g/mol. The van der Waals surface area contributed by atoms with Gasteiger partial charge in [0.25, 0.3) is 0 Å². The van der Waals surface area contributed by atoms with Crippen molar-refractivity contribution < 1.29 is 13.2 Å². The number of halogens is 3. The molecule has 140 valence electrons. The molecule has 1 aromatic rings. The van der Waals surface area contributed by atoms with E-state index in [0.29, 0.717) is 5.57 Å². The van der Waals surface area contributed by atoms with Crippen LogP contribution >= 0.6 is 11.8 Å². The summed E-state index contributed by atoms with van der Waals surface area (Å²) in [5.41, 5.74) is 0.783. The first-order valence-corrected chi connectivity index (χ1v) is 9.49. The summed E-state index contributed by atoms with van der Waals surface area (Å²) >= 11 is 1.63. The molecule has 0 atom stereocenters. The Balaban J connectivity index is 1.81. The van der Waals surface area contributed by atoms with Crippen LogP contribution in [0.5, 0.6) is 0 Å². The molecule has 0 aliphatic heterocycles. The van der Waals surface area contributed by atoms with Crippen molar-refractivity contribution in [3.63, 3.8) is 0 Å². The molecule has 3 rings (SSSR count). The second-order valence-electron chi connectivity index (χ2n) is 6.43. The first-order valence-electron chi connectivity index (χ1n) is 8.50. The summed E-state index contributed by atoms with van der Waals surface area (Å²) in [5.74, 6) is 0.849. The fraction of sp³-hybridized carbons (Fsp3) is 0.300. The predicted octanol–water partition coefficient (Wildman–Crippen LogP) is 5.73. The molecular formula is C20H18F3N3S. The van der Waals surface area contributed by atoms with E-state index in [4.69, 9.17) is 5.41 Å². The number of rotatable bonds is 5. The van der Waals surface area contributed by atoms with E-state index < -0.39 is 11.7 Å². The van der Waals surface area contributed by atoms with Crippen LogP contribution in [0.3, 0.4) is 0 Å². The third-order valence-corrected chi connectivity index (χ3v) is 5.50. The molecule has 1 fully saturated rings. The third kappa shape index (κ3) is 4.11. The first-order chi connectivity index (χ1) is 12.8. The molecule has 0 spiro atoms. The zero-order chi connectivity index (χ0) is 19.7. The number of alkyl halides is 3. The lowest BCUT2D eigenvalue weighted by molar-refractivity contribution is -0.0881. The number of benzene rings is 1. The zero-order valence-electron chi connectivity index (χ0n) is 14.7. The molecule has 3 nitrogen and oxygen atoms in total. The van der Waals surface area contributed by atoms with Crippen LogP contribution in [0.4, 0.5) is 18.9 Å². The van der Waals surface area contributed by atoms with Gasteiger partial charge in [-0.25, -0.2) is 0 Å². The Morgan fingerprint density at radius 2 is 2.07 bits per heavy atom. The fourth-order valence-corrected chi connectivity index (χ4v) is 3.62. The number of anilines is 1. The number of nitrogens with zero attached hydrogens (tertiary/aromatic N) is 1. The first kappa shape index (κ1) is 19.3. The normalized spacial score (nSPS) is 19.6. The van der Waals surface area contributed by atoms with Crippen LogP contribution in [-0.2, 0) is 5.41 Å². The highest BCUT2D eigenvalue weighted by Gasteiger charge is 2.45. The quantitative estimate of drug-likeness (QED) is 0.633. The molecule has 7 heteroatoms. The molecule has 1 aromatic carbocycles. The van der Waals surface area contributed by atoms with Crippen molar-refractivity contribution in [2.45, 2.75) is 36.3 Å². The van der Waals surface area contributed by atoms with Gasteiger partial charge in [0.05, 0.1) is 28.5 Å². The molecule has 27 heavy (non-hydrogen) atoms. The van der Waals surface area contributed by atoms with Gasteiger partial charge in [0.15, 0.2) is 0 Å². The van der Waals surface area contributed by atoms with E-state index in [1.54, 1.807) is 11.8 Å². The third-order valence-electron chi connectivity index (χ3n) is 4.56. The second-order valence-corrected chi connectivity index (χ2v) is 7.73. The summed E-state index contributed by atoms with van der Waals surface area (Å²) in [7, 11) is 0. The molecule has 0 heterocycles. The fourth-order valence-electron chi connectivity index (χ4n) is 2.82. The van der Waals surface area contributed by atoms with Gasteiger partial charge in [-0.2, -0.15) is 18.4 Å². The summed E-state index contributed by atoms with van der Waals surface area (Å²) < 4.78 is 38.2. The second kappa shape index (κ2) is 7.28. The Morgan fingerprint density at radius 3 is 2.63 bits per heavy atom. The van der Waals surface area contributed by atoms with Crippen molar-refractivity contribution in [1.29, 1.82) is 10.7 Å². The average molecular weight is 389 g/mol. The topological polar surface area (TPSA) is 59.7 Å². The molecule has 0 amide bonds. The van der Waals surface area contributed by atoms with Gasteiger partial charge in [0, 0.05) is 16.7 Å². The molecule has 2 aliphatic rings. The Labute approximate surface area is 160 Å². The van der Waals surface area contributed by atoms with Crippen molar-refractivity contribution in [2.75, 3.05) is 11.1 Å². The Bertz CT molecular complexity index is 900. The SMILES string of the molecule is CCSc1cc(C2(C#N)CC2)ccc1N/C=C1/C=CC(C(F)(F)F)=CC1=N. The van der Waals surface area contributed by atoms with E-state index in [1.165, 1.54) is 12.3 Å². The monoisotopic (exact) mass is 389 g/mol. The number of hydrogen-bond acceptors (Lipinski definition) is 4. The van der Waals surface area contributed by atoms with Crippen molar-refractivity contribution in [3.05, 3.63) is 59.3 Å². The van der Waals surface area contributed by atoms with Gasteiger partial charge in [-0.15, -0.1) is 11.8 Å². The minimum absolute atomic E-state index is 0.194. The largest absolute Gasteiger partial charge is 0.416 e. The summed E-state index contributed by atoms with van der Waals surface area (Å²) in [6.07, 6.45) is 1.89. The van der Waals surface area contributed by atoms with E-state index in [-0.39, 0.29) is 11.1 Å². The van der Waals surface area contributed by atoms with Crippen molar-refractivity contribution in [1.82, 2.24) is 0 Å². The van der Waals surface area contributed by atoms with E-state index in [9.17, 15) is 18.4 Å². The van der Waals surface area contributed by atoms with Gasteiger partial charge >= 0.3 is 6.18 Å². The minimum atomic E-state index is -4.46. The maximum absolute atomic E-state index is 12.7. The van der Waals surface area contributed by atoms with Gasteiger partial charge in [-0.3, -0.25) is 0 Å². The van der Waals surface area contributed by atoms with Gasteiger partial charge < -0.3 is 10.7 Å². The number of allylic oxidation sites excluding steroid dienone is 5.